The molecule has 0 radical (unpaired) electrons. The fourth-order valence-corrected chi connectivity index (χ4v) is 3.30. The SMILES string of the molecule is CSC1(CNc2ncnc(N)c2Cl)CCCC1. The average molecular weight is 273 g/mol. The van der Waals surface area contributed by atoms with E-state index in [0.29, 0.717) is 21.4 Å². The molecule has 1 saturated carbocycles. The topological polar surface area (TPSA) is 63.8 Å². The van der Waals surface area contributed by atoms with Crippen LogP contribution < -0.4 is 11.1 Å². The van der Waals surface area contributed by atoms with Crippen molar-refractivity contribution in [3.63, 3.8) is 0 Å². The van der Waals surface area contributed by atoms with E-state index >= 15 is 0 Å². The van der Waals surface area contributed by atoms with Crippen molar-refractivity contribution in [2.45, 2.75) is 30.4 Å². The van der Waals surface area contributed by atoms with Gasteiger partial charge in [0.2, 0.25) is 0 Å². The van der Waals surface area contributed by atoms with Gasteiger partial charge in [-0.15, -0.1) is 0 Å². The predicted molar refractivity (Wildman–Crippen MR) is 74.7 cm³/mol. The van der Waals surface area contributed by atoms with Crippen LogP contribution in [0.25, 0.3) is 0 Å². The van der Waals surface area contributed by atoms with E-state index in [2.05, 4.69) is 21.5 Å². The van der Waals surface area contributed by atoms with Gasteiger partial charge in [0.25, 0.3) is 0 Å². The van der Waals surface area contributed by atoms with Crippen molar-refractivity contribution in [1.29, 1.82) is 0 Å². The summed E-state index contributed by atoms with van der Waals surface area (Å²) < 4.78 is 0.322. The second-order valence-electron chi connectivity index (χ2n) is 4.37. The van der Waals surface area contributed by atoms with Crippen molar-refractivity contribution in [2.24, 2.45) is 0 Å². The Hall–Kier alpha value is -0.680. The second-order valence-corrected chi connectivity index (χ2v) is 6.02. The monoisotopic (exact) mass is 272 g/mol. The molecule has 1 aliphatic rings. The third-order valence-electron chi connectivity index (χ3n) is 3.34. The summed E-state index contributed by atoms with van der Waals surface area (Å²) in [5, 5.41) is 3.72. The molecule has 0 aromatic carbocycles. The molecule has 0 bridgehead atoms. The van der Waals surface area contributed by atoms with E-state index in [-0.39, 0.29) is 0 Å². The van der Waals surface area contributed by atoms with Crippen LogP contribution in [0.3, 0.4) is 0 Å². The maximum atomic E-state index is 6.05. The third kappa shape index (κ3) is 2.77. The Bertz CT molecular complexity index is 393. The molecule has 0 amide bonds. The van der Waals surface area contributed by atoms with Crippen molar-refractivity contribution in [3.05, 3.63) is 11.3 Å². The van der Waals surface area contributed by atoms with Crippen LogP contribution in [0.15, 0.2) is 6.33 Å². The second kappa shape index (κ2) is 5.31. The molecule has 1 fully saturated rings. The molecule has 17 heavy (non-hydrogen) atoms. The molecule has 0 saturated heterocycles. The summed E-state index contributed by atoms with van der Waals surface area (Å²) in [6.45, 7) is 0.879. The highest BCUT2D eigenvalue weighted by atomic mass is 35.5. The van der Waals surface area contributed by atoms with Gasteiger partial charge in [-0.25, -0.2) is 9.97 Å². The van der Waals surface area contributed by atoms with E-state index in [0.717, 1.165) is 6.54 Å². The molecule has 1 aliphatic carbocycles. The fourth-order valence-electron chi connectivity index (χ4n) is 2.22. The lowest BCUT2D eigenvalue weighted by Gasteiger charge is -2.27. The van der Waals surface area contributed by atoms with Crippen molar-refractivity contribution < 1.29 is 0 Å². The minimum atomic E-state index is 0.322. The Morgan fingerprint density at radius 1 is 1.47 bits per heavy atom. The summed E-state index contributed by atoms with van der Waals surface area (Å²) >= 11 is 7.98. The number of rotatable bonds is 4. The number of nitrogens with one attached hydrogen (secondary N) is 1. The maximum Gasteiger partial charge on any atom is 0.150 e. The van der Waals surface area contributed by atoms with Gasteiger partial charge in [0.1, 0.15) is 23.0 Å². The molecule has 0 atom stereocenters. The first-order valence-corrected chi connectivity index (χ1v) is 7.32. The van der Waals surface area contributed by atoms with Crippen molar-refractivity contribution >= 4 is 35.0 Å². The normalized spacial score (nSPS) is 18.2. The van der Waals surface area contributed by atoms with E-state index in [4.69, 9.17) is 17.3 Å². The molecule has 1 heterocycles. The summed E-state index contributed by atoms with van der Waals surface area (Å²) in [6, 6.07) is 0. The number of thioether (sulfide) groups is 1. The zero-order valence-corrected chi connectivity index (χ0v) is 11.4. The van der Waals surface area contributed by atoms with E-state index in [1.54, 1.807) is 0 Å². The molecule has 3 N–H and O–H groups in total. The van der Waals surface area contributed by atoms with Gasteiger partial charge in [-0.05, 0) is 19.1 Å². The molecule has 6 heteroatoms. The van der Waals surface area contributed by atoms with Gasteiger partial charge in [-0.1, -0.05) is 24.4 Å². The lowest BCUT2D eigenvalue weighted by molar-refractivity contribution is 0.638. The third-order valence-corrected chi connectivity index (χ3v) is 5.13. The van der Waals surface area contributed by atoms with Gasteiger partial charge in [-0.3, -0.25) is 0 Å². The van der Waals surface area contributed by atoms with Crippen LogP contribution in [-0.4, -0.2) is 27.5 Å². The van der Waals surface area contributed by atoms with Crippen LogP contribution in [0, 0.1) is 0 Å². The molecule has 4 nitrogen and oxygen atoms in total. The number of halogens is 1. The highest BCUT2D eigenvalue weighted by Gasteiger charge is 2.32. The standard InChI is InChI=1S/C11H17ClN4S/c1-17-11(4-2-3-5-11)6-14-10-8(12)9(13)15-7-16-10/h7H,2-6H2,1H3,(H3,13,14,15,16). The van der Waals surface area contributed by atoms with Crippen LogP contribution in [0.1, 0.15) is 25.7 Å². The van der Waals surface area contributed by atoms with Gasteiger partial charge in [0.15, 0.2) is 0 Å². The van der Waals surface area contributed by atoms with Crippen LogP contribution in [-0.2, 0) is 0 Å². The average Bonchev–Trinajstić information content (AvgIpc) is 2.81. The summed E-state index contributed by atoms with van der Waals surface area (Å²) in [4.78, 5) is 7.97. The number of nitrogen functional groups attached to an aromatic ring is 1. The highest BCUT2D eigenvalue weighted by Crippen LogP contribution is 2.40. The molecular weight excluding hydrogens is 256 g/mol. The molecule has 0 unspecified atom stereocenters. The molecular formula is C11H17ClN4S. The number of hydrogen-bond acceptors (Lipinski definition) is 5. The number of anilines is 2. The zero-order chi connectivity index (χ0) is 12.3. The van der Waals surface area contributed by atoms with Gasteiger partial charge in [0, 0.05) is 11.3 Å². The van der Waals surface area contributed by atoms with Gasteiger partial charge < -0.3 is 11.1 Å². The van der Waals surface area contributed by atoms with Crippen molar-refractivity contribution in [1.82, 2.24) is 9.97 Å². The fraction of sp³-hybridized carbons (Fsp3) is 0.636. The smallest absolute Gasteiger partial charge is 0.150 e. The lowest BCUT2D eigenvalue weighted by Crippen LogP contribution is -2.30. The van der Waals surface area contributed by atoms with Crippen molar-refractivity contribution in [3.8, 4) is 0 Å². The Morgan fingerprint density at radius 3 is 2.82 bits per heavy atom. The molecule has 0 aliphatic heterocycles. The predicted octanol–water partition coefficient (Wildman–Crippen LogP) is 2.80. The minimum Gasteiger partial charge on any atom is -0.382 e. The molecule has 94 valence electrons. The first-order valence-electron chi connectivity index (χ1n) is 5.72. The number of nitrogens with two attached hydrogens (primary N) is 1. The highest BCUT2D eigenvalue weighted by molar-refractivity contribution is 8.00. The number of nitrogens with zero attached hydrogens (tertiary/aromatic N) is 2. The Morgan fingerprint density at radius 2 is 2.18 bits per heavy atom. The van der Waals surface area contributed by atoms with E-state index < -0.39 is 0 Å². The number of hydrogen-bond donors (Lipinski definition) is 2. The zero-order valence-electron chi connectivity index (χ0n) is 9.87. The summed E-state index contributed by atoms with van der Waals surface area (Å²) in [6.07, 6.45) is 8.72. The van der Waals surface area contributed by atoms with Gasteiger partial charge in [-0.2, -0.15) is 11.8 Å². The Kier molecular flexibility index (Phi) is 3.99. The van der Waals surface area contributed by atoms with E-state index in [1.807, 2.05) is 11.8 Å². The van der Waals surface area contributed by atoms with Crippen molar-refractivity contribution in [2.75, 3.05) is 23.9 Å². The first kappa shape index (κ1) is 12.8. The molecule has 0 spiro atoms. The van der Waals surface area contributed by atoms with Crippen LogP contribution >= 0.6 is 23.4 Å². The first-order chi connectivity index (χ1) is 8.17. The summed E-state index contributed by atoms with van der Waals surface area (Å²) in [5.41, 5.74) is 5.64. The largest absolute Gasteiger partial charge is 0.382 e. The lowest BCUT2D eigenvalue weighted by atomic mass is 10.1. The van der Waals surface area contributed by atoms with Crippen LogP contribution in [0.5, 0.6) is 0 Å². The van der Waals surface area contributed by atoms with Gasteiger partial charge >= 0.3 is 0 Å². The Labute approximate surface area is 111 Å². The maximum absolute atomic E-state index is 6.05. The molecule has 1 aromatic heterocycles. The van der Waals surface area contributed by atoms with Gasteiger partial charge in [0.05, 0.1) is 0 Å². The Balaban J connectivity index is 2.04. The number of aromatic nitrogens is 2. The van der Waals surface area contributed by atoms with Crippen LogP contribution in [0.2, 0.25) is 5.02 Å². The minimum absolute atomic E-state index is 0.322. The summed E-state index contributed by atoms with van der Waals surface area (Å²) in [7, 11) is 0. The molecule has 2 rings (SSSR count). The van der Waals surface area contributed by atoms with E-state index in [1.165, 1.54) is 32.0 Å². The summed E-state index contributed by atoms with van der Waals surface area (Å²) in [5.74, 6) is 0.966. The quantitative estimate of drug-likeness (QED) is 0.882. The van der Waals surface area contributed by atoms with Crippen LogP contribution in [0.4, 0.5) is 11.6 Å². The van der Waals surface area contributed by atoms with E-state index in [9.17, 15) is 0 Å². The molecule has 1 aromatic rings.